The molecule has 1 aromatic heterocycles. The first-order valence-corrected chi connectivity index (χ1v) is 6.16. The van der Waals surface area contributed by atoms with Crippen molar-refractivity contribution in [1.29, 1.82) is 0 Å². The summed E-state index contributed by atoms with van der Waals surface area (Å²) in [5.74, 6) is 0.703. The Balaban J connectivity index is 2.64. The van der Waals surface area contributed by atoms with Gasteiger partial charge in [-0.25, -0.2) is 0 Å². The number of hydrogen-bond acceptors (Lipinski definition) is 6. The summed E-state index contributed by atoms with van der Waals surface area (Å²) in [5, 5.41) is 0. The molecular formula is C12H21N3O3. The van der Waals surface area contributed by atoms with E-state index in [1.165, 1.54) is 6.33 Å². The predicted octanol–water partition coefficient (Wildman–Crippen LogP) is 1.65. The lowest BCUT2D eigenvalue weighted by atomic mass is 10.4. The van der Waals surface area contributed by atoms with Crippen LogP contribution in [0.3, 0.4) is 0 Å². The van der Waals surface area contributed by atoms with E-state index in [9.17, 15) is 0 Å². The van der Waals surface area contributed by atoms with Crippen molar-refractivity contribution in [3.63, 3.8) is 0 Å². The Kier molecular flexibility index (Phi) is 6.21. The van der Waals surface area contributed by atoms with Crippen LogP contribution in [0.5, 0.6) is 11.8 Å². The average molecular weight is 255 g/mol. The summed E-state index contributed by atoms with van der Waals surface area (Å²) in [6, 6.07) is 0. The fourth-order valence-corrected chi connectivity index (χ4v) is 1.28. The van der Waals surface area contributed by atoms with Crippen molar-refractivity contribution in [2.45, 2.75) is 33.3 Å². The minimum Gasteiger partial charge on any atom is -0.476 e. The first-order chi connectivity index (χ1) is 8.69. The number of nitrogen functional groups attached to an aromatic ring is 1. The van der Waals surface area contributed by atoms with Crippen LogP contribution in [0, 0.1) is 0 Å². The lowest BCUT2D eigenvalue weighted by Crippen LogP contribution is -2.20. The Bertz CT molecular complexity index is 360. The number of anilines is 1. The molecule has 6 heteroatoms. The van der Waals surface area contributed by atoms with Gasteiger partial charge in [-0.2, -0.15) is 9.97 Å². The Morgan fingerprint density at radius 1 is 1.28 bits per heavy atom. The highest BCUT2D eigenvalue weighted by molar-refractivity contribution is 5.55. The van der Waals surface area contributed by atoms with Crippen LogP contribution >= 0.6 is 0 Å². The summed E-state index contributed by atoms with van der Waals surface area (Å²) in [6.07, 6.45) is 2.14. The molecule has 0 bridgehead atoms. The van der Waals surface area contributed by atoms with Crippen LogP contribution in [-0.4, -0.2) is 35.9 Å². The third-order valence-electron chi connectivity index (χ3n) is 2.12. The monoisotopic (exact) mass is 255 g/mol. The summed E-state index contributed by atoms with van der Waals surface area (Å²) in [5.41, 5.74) is 6.21. The molecule has 1 atom stereocenters. The maximum absolute atomic E-state index is 5.89. The van der Waals surface area contributed by atoms with Gasteiger partial charge in [0, 0.05) is 6.61 Å². The molecule has 1 aromatic rings. The molecule has 2 N–H and O–H groups in total. The molecule has 1 rings (SSSR count). The van der Waals surface area contributed by atoms with Gasteiger partial charge in [0.1, 0.15) is 12.4 Å². The molecule has 0 spiro atoms. The van der Waals surface area contributed by atoms with Gasteiger partial charge in [-0.05, 0) is 20.3 Å². The second-order valence-corrected chi connectivity index (χ2v) is 3.83. The average Bonchev–Trinajstić information content (AvgIpc) is 2.37. The fourth-order valence-electron chi connectivity index (χ4n) is 1.28. The lowest BCUT2D eigenvalue weighted by Gasteiger charge is -2.15. The van der Waals surface area contributed by atoms with Crippen molar-refractivity contribution >= 4 is 5.69 Å². The molecule has 1 unspecified atom stereocenters. The molecule has 0 aliphatic heterocycles. The highest BCUT2D eigenvalue weighted by atomic mass is 16.5. The molecule has 0 saturated heterocycles. The molecule has 0 saturated carbocycles. The number of hydrogen-bond donors (Lipinski definition) is 1. The van der Waals surface area contributed by atoms with Gasteiger partial charge in [0.2, 0.25) is 11.8 Å². The SMILES string of the molecule is CCCOc1ncnc(OC(C)COCC)c1N. The largest absolute Gasteiger partial charge is 0.476 e. The number of rotatable bonds is 8. The van der Waals surface area contributed by atoms with Gasteiger partial charge in [0.15, 0.2) is 5.69 Å². The predicted molar refractivity (Wildman–Crippen MR) is 68.8 cm³/mol. The smallest absolute Gasteiger partial charge is 0.244 e. The second kappa shape index (κ2) is 7.71. The first kappa shape index (κ1) is 14.5. The topological polar surface area (TPSA) is 79.5 Å². The molecule has 0 fully saturated rings. The van der Waals surface area contributed by atoms with Gasteiger partial charge < -0.3 is 19.9 Å². The van der Waals surface area contributed by atoms with Gasteiger partial charge in [-0.3, -0.25) is 0 Å². The Morgan fingerprint density at radius 3 is 2.67 bits per heavy atom. The molecule has 0 aromatic carbocycles. The van der Waals surface area contributed by atoms with Crippen molar-refractivity contribution in [3.05, 3.63) is 6.33 Å². The quantitative estimate of drug-likeness (QED) is 0.761. The zero-order valence-electron chi connectivity index (χ0n) is 11.2. The zero-order chi connectivity index (χ0) is 13.4. The Labute approximate surface area is 107 Å². The van der Waals surface area contributed by atoms with E-state index in [2.05, 4.69) is 9.97 Å². The van der Waals surface area contributed by atoms with E-state index >= 15 is 0 Å². The third-order valence-corrected chi connectivity index (χ3v) is 2.12. The van der Waals surface area contributed by atoms with E-state index in [1.54, 1.807) is 0 Å². The van der Waals surface area contributed by atoms with E-state index in [1.807, 2.05) is 20.8 Å². The molecule has 6 nitrogen and oxygen atoms in total. The Morgan fingerprint density at radius 2 is 2.00 bits per heavy atom. The van der Waals surface area contributed by atoms with E-state index in [0.717, 1.165) is 6.42 Å². The number of nitrogens with two attached hydrogens (primary N) is 1. The van der Waals surface area contributed by atoms with Crippen LogP contribution in [0.1, 0.15) is 27.2 Å². The summed E-state index contributed by atoms with van der Waals surface area (Å²) in [4.78, 5) is 7.98. The van der Waals surface area contributed by atoms with Crippen LogP contribution in [0.4, 0.5) is 5.69 Å². The van der Waals surface area contributed by atoms with Gasteiger partial charge in [0.05, 0.1) is 13.2 Å². The van der Waals surface area contributed by atoms with Crippen molar-refractivity contribution in [2.75, 3.05) is 25.6 Å². The Hall–Kier alpha value is -1.56. The summed E-state index contributed by atoms with van der Waals surface area (Å²) < 4.78 is 16.3. The first-order valence-electron chi connectivity index (χ1n) is 6.16. The van der Waals surface area contributed by atoms with Gasteiger partial charge in [0.25, 0.3) is 0 Å². The summed E-state index contributed by atoms with van der Waals surface area (Å²) in [7, 11) is 0. The second-order valence-electron chi connectivity index (χ2n) is 3.83. The highest BCUT2D eigenvalue weighted by Gasteiger charge is 2.13. The number of nitrogens with zero attached hydrogens (tertiary/aromatic N) is 2. The maximum Gasteiger partial charge on any atom is 0.244 e. The van der Waals surface area contributed by atoms with Crippen molar-refractivity contribution in [3.8, 4) is 11.8 Å². The van der Waals surface area contributed by atoms with E-state index in [-0.39, 0.29) is 6.10 Å². The zero-order valence-corrected chi connectivity index (χ0v) is 11.2. The normalized spacial score (nSPS) is 12.2. The van der Waals surface area contributed by atoms with Crippen LogP contribution in [0.15, 0.2) is 6.33 Å². The molecule has 1 heterocycles. The standard InChI is InChI=1S/C12H21N3O3/c1-4-6-17-11-10(13)12(15-8-14-11)18-9(3)7-16-5-2/h8-9H,4-7,13H2,1-3H3. The molecule has 18 heavy (non-hydrogen) atoms. The third kappa shape index (κ3) is 4.37. The molecular weight excluding hydrogens is 234 g/mol. The fraction of sp³-hybridized carbons (Fsp3) is 0.667. The van der Waals surface area contributed by atoms with E-state index < -0.39 is 0 Å². The van der Waals surface area contributed by atoms with Gasteiger partial charge in [-0.15, -0.1) is 0 Å². The van der Waals surface area contributed by atoms with Crippen molar-refractivity contribution in [2.24, 2.45) is 0 Å². The van der Waals surface area contributed by atoms with Gasteiger partial charge in [-0.1, -0.05) is 6.92 Å². The van der Waals surface area contributed by atoms with E-state index in [4.69, 9.17) is 19.9 Å². The molecule has 102 valence electrons. The molecule has 0 aliphatic rings. The van der Waals surface area contributed by atoms with Gasteiger partial charge >= 0.3 is 0 Å². The minimum atomic E-state index is -0.124. The van der Waals surface area contributed by atoms with Crippen LogP contribution in [-0.2, 0) is 4.74 Å². The lowest BCUT2D eigenvalue weighted by molar-refractivity contribution is 0.0635. The molecule has 0 amide bonds. The highest BCUT2D eigenvalue weighted by Crippen LogP contribution is 2.27. The molecule has 0 aliphatic carbocycles. The van der Waals surface area contributed by atoms with Crippen LogP contribution < -0.4 is 15.2 Å². The van der Waals surface area contributed by atoms with Crippen LogP contribution in [0.25, 0.3) is 0 Å². The molecule has 0 radical (unpaired) electrons. The summed E-state index contributed by atoms with van der Waals surface area (Å²) >= 11 is 0. The maximum atomic E-state index is 5.89. The minimum absolute atomic E-state index is 0.124. The van der Waals surface area contributed by atoms with E-state index in [0.29, 0.717) is 37.3 Å². The summed E-state index contributed by atoms with van der Waals surface area (Å²) in [6.45, 7) is 7.54. The van der Waals surface area contributed by atoms with Crippen molar-refractivity contribution < 1.29 is 14.2 Å². The number of ether oxygens (including phenoxy) is 3. The number of aromatic nitrogens is 2. The van der Waals surface area contributed by atoms with Crippen LogP contribution in [0.2, 0.25) is 0 Å². The van der Waals surface area contributed by atoms with Crippen molar-refractivity contribution in [1.82, 2.24) is 9.97 Å².